The number of ether oxygens (including phenoxy) is 1. The summed E-state index contributed by atoms with van der Waals surface area (Å²) in [5.74, 6) is 0.264. The molecule has 2 aromatic carbocycles. The molecule has 0 aliphatic heterocycles. The van der Waals surface area contributed by atoms with Gasteiger partial charge >= 0.3 is 0 Å². The van der Waals surface area contributed by atoms with E-state index in [-0.39, 0.29) is 23.4 Å². The number of carbonyl (C=O) groups is 2. The topological polar surface area (TPSA) is 58.6 Å². The Balaban J connectivity index is 1.95. The molecule has 0 saturated heterocycles. The van der Waals surface area contributed by atoms with Crippen LogP contribution in [-0.2, 0) is 16.0 Å². The molecular weight excluding hydrogens is 375 g/mol. The van der Waals surface area contributed by atoms with Crippen LogP contribution in [0.25, 0.3) is 0 Å². The van der Waals surface area contributed by atoms with Crippen LogP contribution in [0.4, 0.5) is 5.69 Å². The Morgan fingerprint density at radius 3 is 2.42 bits per heavy atom. The maximum absolute atomic E-state index is 12.3. The van der Waals surface area contributed by atoms with E-state index in [0.717, 1.165) is 11.3 Å². The summed E-state index contributed by atoms with van der Waals surface area (Å²) >= 11 is 12.0. The van der Waals surface area contributed by atoms with Crippen LogP contribution in [0.15, 0.2) is 42.5 Å². The number of hydrogen-bond acceptors (Lipinski definition) is 3. The molecule has 2 aromatic rings. The van der Waals surface area contributed by atoms with Gasteiger partial charge in [-0.15, -0.1) is 0 Å². The molecule has 0 atom stereocenters. The SMILES string of the molecule is COc1ccc(CCN(CC(=O)Nc2cccc(Cl)c2Cl)C(C)=O)cc1. The number of hydrogen-bond donors (Lipinski definition) is 1. The normalized spacial score (nSPS) is 10.3. The van der Waals surface area contributed by atoms with E-state index in [0.29, 0.717) is 23.7 Å². The van der Waals surface area contributed by atoms with Crippen LogP contribution in [-0.4, -0.2) is 36.9 Å². The minimum Gasteiger partial charge on any atom is -0.497 e. The van der Waals surface area contributed by atoms with Crippen LogP contribution in [0.2, 0.25) is 10.0 Å². The summed E-state index contributed by atoms with van der Waals surface area (Å²) in [7, 11) is 1.61. The first-order chi connectivity index (χ1) is 12.4. The fraction of sp³-hybridized carbons (Fsp3) is 0.263. The summed E-state index contributed by atoms with van der Waals surface area (Å²) in [5, 5.41) is 3.31. The highest BCUT2D eigenvalue weighted by Crippen LogP contribution is 2.29. The van der Waals surface area contributed by atoms with Crippen LogP contribution in [0.1, 0.15) is 12.5 Å². The standard InChI is InChI=1S/C19H20Cl2N2O3/c1-13(24)23(11-10-14-6-8-15(26-2)9-7-14)12-18(25)22-17-5-3-4-16(20)19(17)21/h3-9H,10-12H2,1-2H3,(H,22,25). The molecule has 26 heavy (non-hydrogen) atoms. The molecule has 7 heteroatoms. The monoisotopic (exact) mass is 394 g/mol. The highest BCUT2D eigenvalue weighted by Gasteiger charge is 2.15. The number of anilines is 1. The molecule has 138 valence electrons. The number of methoxy groups -OCH3 is 1. The van der Waals surface area contributed by atoms with E-state index < -0.39 is 0 Å². The molecule has 0 heterocycles. The first-order valence-electron chi connectivity index (χ1n) is 8.03. The molecule has 0 saturated carbocycles. The van der Waals surface area contributed by atoms with Crippen LogP contribution in [0.5, 0.6) is 5.75 Å². The summed E-state index contributed by atoms with van der Waals surface area (Å²) in [6, 6.07) is 12.6. The van der Waals surface area contributed by atoms with Gasteiger partial charge in [0.05, 0.1) is 29.4 Å². The van der Waals surface area contributed by atoms with Gasteiger partial charge in [0, 0.05) is 13.5 Å². The second-order valence-corrected chi connectivity index (χ2v) is 6.47. The lowest BCUT2D eigenvalue weighted by molar-refractivity contribution is -0.132. The van der Waals surface area contributed by atoms with Crippen LogP contribution in [0.3, 0.4) is 0 Å². The average molecular weight is 395 g/mol. The Morgan fingerprint density at radius 2 is 1.81 bits per heavy atom. The van der Waals surface area contributed by atoms with Crippen molar-refractivity contribution in [1.29, 1.82) is 0 Å². The molecule has 0 aromatic heterocycles. The number of benzene rings is 2. The van der Waals surface area contributed by atoms with E-state index in [1.807, 2.05) is 24.3 Å². The Hall–Kier alpha value is -2.24. The Morgan fingerprint density at radius 1 is 1.12 bits per heavy atom. The van der Waals surface area contributed by atoms with Gasteiger partial charge < -0.3 is 15.0 Å². The number of nitrogens with one attached hydrogen (secondary N) is 1. The zero-order chi connectivity index (χ0) is 19.1. The van der Waals surface area contributed by atoms with Gasteiger partial charge in [0.1, 0.15) is 5.75 Å². The number of carbonyl (C=O) groups excluding carboxylic acids is 2. The third-order valence-corrected chi connectivity index (χ3v) is 4.65. The first-order valence-corrected chi connectivity index (χ1v) is 8.78. The molecule has 0 aliphatic rings. The van der Waals surface area contributed by atoms with Gasteiger partial charge in [0.2, 0.25) is 11.8 Å². The number of halogens is 2. The van der Waals surface area contributed by atoms with E-state index in [1.54, 1.807) is 25.3 Å². The van der Waals surface area contributed by atoms with E-state index in [9.17, 15) is 9.59 Å². The van der Waals surface area contributed by atoms with E-state index in [2.05, 4.69) is 5.32 Å². The zero-order valence-corrected chi connectivity index (χ0v) is 16.1. The number of nitrogens with zero attached hydrogens (tertiary/aromatic N) is 1. The van der Waals surface area contributed by atoms with Crippen LogP contribution in [0, 0.1) is 0 Å². The Labute approximate surface area is 162 Å². The summed E-state index contributed by atoms with van der Waals surface area (Å²) < 4.78 is 5.12. The van der Waals surface area contributed by atoms with E-state index in [1.165, 1.54) is 11.8 Å². The van der Waals surface area contributed by atoms with Gasteiger partial charge in [-0.25, -0.2) is 0 Å². The van der Waals surface area contributed by atoms with Crippen molar-refractivity contribution in [2.75, 3.05) is 25.5 Å². The molecule has 2 rings (SSSR count). The van der Waals surface area contributed by atoms with Gasteiger partial charge in [0.15, 0.2) is 0 Å². The van der Waals surface area contributed by atoms with Crippen molar-refractivity contribution in [3.05, 3.63) is 58.1 Å². The minimum absolute atomic E-state index is 0.0612. The molecular formula is C19H20Cl2N2O3. The third kappa shape index (κ3) is 5.64. The fourth-order valence-corrected chi connectivity index (χ4v) is 2.72. The molecule has 2 amide bonds. The van der Waals surface area contributed by atoms with Crippen molar-refractivity contribution < 1.29 is 14.3 Å². The zero-order valence-electron chi connectivity index (χ0n) is 14.6. The van der Waals surface area contributed by atoms with Crippen molar-refractivity contribution >= 4 is 40.7 Å². The highest BCUT2D eigenvalue weighted by molar-refractivity contribution is 6.44. The number of amides is 2. The Bertz CT molecular complexity index is 779. The largest absolute Gasteiger partial charge is 0.497 e. The fourth-order valence-electron chi connectivity index (χ4n) is 2.37. The second kappa shape index (κ2) is 9.46. The molecule has 1 N–H and O–H groups in total. The summed E-state index contributed by atoms with van der Waals surface area (Å²) in [5.41, 5.74) is 1.47. The quantitative estimate of drug-likeness (QED) is 0.770. The smallest absolute Gasteiger partial charge is 0.244 e. The molecule has 0 fully saturated rings. The maximum atomic E-state index is 12.3. The lowest BCUT2D eigenvalue weighted by Gasteiger charge is -2.21. The van der Waals surface area contributed by atoms with Gasteiger partial charge in [-0.2, -0.15) is 0 Å². The predicted molar refractivity (Wildman–Crippen MR) is 104 cm³/mol. The predicted octanol–water partition coefficient (Wildman–Crippen LogP) is 4.03. The molecule has 0 spiro atoms. The van der Waals surface area contributed by atoms with Crippen LogP contribution < -0.4 is 10.1 Å². The Kier molecular flexibility index (Phi) is 7.30. The lowest BCUT2D eigenvalue weighted by atomic mass is 10.1. The second-order valence-electron chi connectivity index (χ2n) is 5.69. The lowest BCUT2D eigenvalue weighted by Crippen LogP contribution is -2.38. The minimum atomic E-state index is -0.334. The molecule has 0 bridgehead atoms. The number of rotatable bonds is 7. The summed E-state index contributed by atoms with van der Waals surface area (Å²) in [6.45, 7) is 1.81. The van der Waals surface area contributed by atoms with E-state index >= 15 is 0 Å². The third-order valence-electron chi connectivity index (χ3n) is 3.83. The molecule has 0 radical (unpaired) electrons. The van der Waals surface area contributed by atoms with Gasteiger partial charge in [-0.05, 0) is 36.2 Å². The maximum Gasteiger partial charge on any atom is 0.244 e. The molecule has 5 nitrogen and oxygen atoms in total. The van der Waals surface area contributed by atoms with Crippen molar-refractivity contribution in [3.8, 4) is 5.75 Å². The van der Waals surface area contributed by atoms with Crippen LogP contribution >= 0.6 is 23.2 Å². The van der Waals surface area contributed by atoms with Gasteiger partial charge in [0.25, 0.3) is 0 Å². The van der Waals surface area contributed by atoms with Crippen molar-refractivity contribution in [2.24, 2.45) is 0 Å². The van der Waals surface area contributed by atoms with Gasteiger partial charge in [-0.3, -0.25) is 9.59 Å². The van der Waals surface area contributed by atoms with E-state index in [4.69, 9.17) is 27.9 Å². The van der Waals surface area contributed by atoms with Gasteiger partial charge in [-0.1, -0.05) is 41.4 Å². The summed E-state index contributed by atoms with van der Waals surface area (Å²) in [4.78, 5) is 25.6. The highest BCUT2D eigenvalue weighted by atomic mass is 35.5. The molecule has 0 unspecified atom stereocenters. The van der Waals surface area contributed by atoms with Crippen molar-refractivity contribution in [3.63, 3.8) is 0 Å². The van der Waals surface area contributed by atoms with Crippen molar-refractivity contribution in [1.82, 2.24) is 4.90 Å². The summed E-state index contributed by atoms with van der Waals surface area (Å²) in [6.07, 6.45) is 0.634. The molecule has 0 aliphatic carbocycles. The average Bonchev–Trinajstić information content (AvgIpc) is 2.62. The first kappa shape index (κ1) is 20.1. The van der Waals surface area contributed by atoms with Crippen molar-refractivity contribution in [2.45, 2.75) is 13.3 Å².